The molecule has 14 heavy (non-hydrogen) atoms. The van der Waals surface area contributed by atoms with Crippen LogP contribution in [-0.2, 0) is 4.79 Å². The van der Waals surface area contributed by atoms with Crippen molar-refractivity contribution in [3.05, 3.63) is 24.2 Å². The number of likely N-dealkylation sites (tertiary alicyclic amines) is 1. The molecule has 76 valence electrons. The van der Waals surface area contributed by atoms with Crippen molar-refractivity contribution in [2.45, 2.75) is 12.3 Å². The van der Waals surface area contributed by atoms with Crippen molar-refractivity contribution in [3.63, 3.8) is 0 Å². The van der Waals surface area contributed by atoms with Crippen LogP contribution >= 0.6 is 0 Å². The lowest BCUT2D eigenvalue weighted by Gasteiger charge is -2.14. The highest BCUT2D eigenvalue weighted by Crippen LogP contribution is 2.27. The van der Waals surface area contributed by atoms with Gasteiger partial charge in [-0.05, 0) is 12.1 Å². The van der Waals surface area contributed by atoms with E-state index in [9.17, 15) is 4.79 Å². The zero-order valence-electron chi connectivity index (χ0n) is 7.98. The summed E-state index contributed by atoms with van der Waals surface area (Å²) in [6.45, 7) is 1.91. The molecular weight excluding hydrogens is 180 g/mol. The Morgan fingerprint density at radius 3 is 3.14 bits per heavy atom. The number of carbonyl (C=O) groups is 1. The second kappa shape index (κ2) is 3.84. The zero-order valence-corrected chi connectivity index (χ0v) is 7.98. The summed E-state index contributed by atoms with van der Waals surface area (Å²) in [5.41, 5.74) is 5.42. The molecule has 1 aliphatic heterocycles. The van der Waals surface area contributed by atoms with Crippen LogP contribution in [-0.4, -0.2) is 30.4 Å². The van der Waals surface area contributed by atoms with E-state index in [-0.39, 0.29) is 11.8 Å². The molecule has 0 aliphatic carbocycles. The minimum atomic E-state index is 0.178. The standard InChI is InChI=1S/C10H14N2O2/c11-3-4-12-7-8(6-10(12)13)9-2-1-5-14-9/h1-2,5,8H,3-4,6-7,11H2. The number of carbonyl (C=O) groups excluding carboxylic acids is 1. The molecule has 4 nitrogen and oxygen atoms in total. The minimum absolute atomic E-state index is 0.178. The molecule has 1 aromatic heterocycles. The quantitative estimate of drug-likeness (QED) is 0.764. The van der Waals surface area contributed by atoms with Crippen LogP contribution in [0, 0.1) is 0 Å². The molecule has 1 saturated heterocycles. The van der Waals surface area contributed by atoms with Gasteiger partial charge in [0.25, 0.3) is 0 Å². The number of nitrogens with two attached hydrogens (primary N) is 1. The summed E-state index contributed by atoms with van der Waals surface area (Å²) in [5.74, 6) is 1.29. The van der Waals surface area contributed by atoms with Crippen molar-refractivity contribution < 1.29 is 9.21 Å². The third-order valence-corrected chi connectivity index (χ3v) is 2.56. The predicted octanol–water partition coefficient (Wildman–Crippen LogP) is 0.554. The lowest BCUT2D eigenvalue weighted by atomic mass is 10.1. The fourth-order valence-electron chi connectivity index (χ4n) is 1.86. The van der Waals surface area contributed by atoms with E-state index in [0.29, 0.717) is 19.5 Å². The SMILES string of the molecule is NCCN1CC(c2ccco2)CC1=O. The molecule has 1 aromatic rings. The average Bonchev–Trinajstić information content (AvgIpc) is 2.76. The summed E-state index contributed by atoms with van der Waals surface area (Å²) in [6, 6.07) is 3.77. The van der Waals surface area contributed by atoms with Crippen LogP contribution < -0.4 is 5.73 Å². The van der Waals surface area contributed by atoms with E-state index in [1.54, 1.807) is 11.2 Å². The van der Waals surface area contributed by atoms with Crippen molar-refractivity contribution in [2.24, 2.45) is 5.73 Å². The van der Waals surface area contributed by atoms with E-state index in [0.717, 1.165) is 12.3 Å². The van der Waals surface area contributed by atoms with Crippen molar-refractivity contribution in [1.82, 2.24) is 4.90 Å². The highest BCUT2D eigenvalue weighted by molar-refractivity contribution is 5.79. The molecule has 4 heteroatoms. The molecular formula is C10H14N2O2. The largest absolute Gasteiger partial charge is 0.469 e. The molecule has 0 bridgehead atoms. The Labute approximate surface area is 82.7 Å². The van der Waals surface area contributed by atoms with Crippen LogP contribution in [0.4, 0.5) is 0 Å². The molecule has 1 unspecified atom stereocenters. The Kier molecular flexibility index (Phi) is 2.54. The van der Waals surface area contributed by atoms with E-state index in [2.05, 4.69) is 0 Å². The maximum absolute atomic E-state index is 11.5. The maximum Gasteiger partial charge on any atom is 0.223 e. The van der Waals surface area contributed by atoms with Gasteiger partial charge in [0, 0.05) is 32.0 Å². The van der Waals surface area contributed by atoms with Crippen LogP contribution in [0.5, 0.6) is 0 Å². The Hall–Kier alpha value is -1.29. The van der Waals surface area contributed by atoms with Crippen LogP contribution in [0.2, 0.25) is 0 Å². The van der Waals surface area contributed by atoms with E-state index in [1.165, 1.54) is 0 Å². The fourth-order valence-corrected chi connectivity index (χ4v) is 1.86. The monoisotopic (exact) mass is 194 g/mol. The van der Waals surface area contributed by atoms with Crippen molar-refractivity contribution in [2.75, 3.05) is 19.6 Å². The highest BCUT2D eigenvalue weighted by atomic mass is 16.3. The summed E-state index contributed by atoms with van der Waals surface area (Å²) in [4.78, 5) is 13.3. The number of nitrogens with zero attached hydrogens (tertiary/aromatic N) is 1. The number of furan rings is 1. The summed E-state index contributed by atoms with van der Waals surface area (Å²) in [5, 5.41) is 0. The number of rotatable bonds is 3. The summed E-state index contributed by atoms with van der Waals surface area (Å²) in [7, 11) is 0. The van der Waals surface area contributed by atoms with Gasteiger partial charge in [0.15, 0.2) is 0 Å². The molecule has 1 atom stereocenters. The molecule has 0 aromatic carbocycles. The first-order valence-electron chi connectivity index (χ1n) is 4.82. The molecule has 0 spiro atoms. The topological polar surface area (TPSA) is 59.5 Å². The Bertz CT molecular complexity index is 308. The number of hydrogen-bond acceptors (Lipinski definition) is 3. The van der Waals surface area contributed by atoms with Gasteiger partial charge < -0.3 is 15.1 Å². The second-order valence-corrected chi connectivity index (χ2v) is 3.54. The van der Waals surface area contributed by atoms with Crippen LogP contribution in [0.3, 0.4) is 0 Å². The smallest absolute Gasteiger partial charge is 0.223 e. The third kappa shape index (κ3) is 1.65. The first kappa shape index (κ1) is 9.27. The molecule has 2 heterocycles. The predicted molar refractivity (Wildman–Crippen MR) is 51.7 cm³/mol. The molecule has 1 amide bonds. The maximum atomic E-state index is 11.5. The Morgan fingerprint density at radius 1 is 1.64 bits per heavy atom. The average molecular weight is 194 g/mol. The molecule has 2 rings (SSSR count). The van der Waals surface area contributed by atoms with Gasteiger partial charge in [-0.25, -0.2) is 0 Å². The number of hydrogen-bond donors (Lipinski definition) is 1. The zero-order chi connectivity index (χ0) is 9.97. The molecule has 0 saturated carbocycles. The summed E-state index contributed by atoms with van der Waals surface area (Å²) < 4.78 is 5.28. The van der Waals surface area contributed by atoms with Crippen LogP contribution in [0.25, 0.3) is 0 Å². The lowest BCUT2D eigenvalue weighted by Crippen LogP contribution is -2.30. The lowest BCUT2D eigenvalue weighted by molar-refractivity contribution is -0.127. The highest BCUT2D eigenvalue weighted by Gasteiger charge is 2.31. The first-order chi connectivity index (χ1) is 6.81. The fraction of sp³-hybridized carbons (Fsp3) is 0.500. The molecule has 1 aliphatic rings. The molecule has 1 fully saturated rings. The summed E-state index contributed by atoms with van der Waals surface area (Å²) in [6.07, 6.45) is 2.19. The van der Waals surface area contributed by atoms with Crippen molar-refractivity contribution in [1.29, 1.82) is 0 Å². The van der Waals surface area contributed by atoms with Gasteiger partial charge in [0.05, 0.1) is 6.26 Å². The summed E-state index contributed by atoms with van der Waals surface area (Å²) >= 11 is 0. The minimum Gasteiger partial charge on any atom is -0.469 e. The van der Waals surface area contributed by atoms with Crippen molar-refractivity contribution >= 4 is 5.91 Å². The van der Waals surface area contributed by atoms with Crippen LogP contribution in [0.15, 0.2) is 22.8 Å². The normalized spacial score (nSPS) is 21.9. The van der Waals surface area contributed by atoms with Gasteiger partial charge >= 0.3 is 0 Å². The van der Waals surface area contributed by atoms with Gasteiger partial charge in [-0.15, -0.1) is 0 Å². The van der Waals surface area contributed by atoms with E-state index in [4.69, 9.17) is 10.2 Å². The van der Waals surface area contributed by atoms with E-state index >= 15 is 0 Å². The van der Waals surface area contributed by atoms with E-state index < -0.39 is 0 Å². The van der Waals surface area contributed by atoms with Gasteiger partial charge in [-0.2, -0.15) is 0 Å². The third-order valence-electron chi connectivity index (χ3n) is 2.56. The van der Waals surface area contributed by atoms with Gasteiger partial charge in [0.2, 0.25) is 5.91 Å². The second-order valence-electron chi connectivity index (χ2n) is 3.54. The van der Waals surface area contributed by atoms with Gasteiger partial charge in [0.1, 0.15) is 5.76 Å². The van der Waals surface area contributed by atoms with E-state index in [1.807, 2.05) is 12.1 Å². The van der Waals surface area contributed by atoms with Crippen molar-refractivity contribution in [3.8, 4) is 0 Å². The van der Waals surface area contributed by atoms with Gasteiger partial charge in [-0.1, -0.05) is 0 Å². The first-order valence-corrected chi connectivity index (χ1v) is 4.82. The Morgan fingerprint density at radius 2 is 2.50 bits per heavy atom. The molecule has 0 radical (unpaired) electrons. The van der Waals surface area contributed by atoms with Gasteiger partial charge in [-0.3, -0.25) is 4.79 Å². The number of amides is 1. The Balaban J connectivity index is 2.03. The molecule has 2 N–H and O–H groups in total. The van der Waals surface area contributed by atoms with Crippen LogP contribution in [0.1, 0.15) is 18.1 Å².